The Labute approximate surface area is 85.8 Å². The third-order valence-corrected chi connectivity index (χ3v) is 3.07. The first-order valence-corrected chi connectivity index (χ1v) is 5.29. The summed E-state index contributed by atoms with van der Waals surface area (Å²) in [5, 5.41) is 2.69. The van der Waals surface area contributed by atoms with Crippen LogP contribution < -0.4 is 11.1 Å². The first-order valence-electron chi connectivity index (χ1n) is 5.29. The van der Waals surface area contributed by atoms with Crippen LogP contribution in [0.5, 0.6) is 0 Å². The molecule has 1 saturated heterocycles. The zero-order chi connectivity index (χ0) is 10.6. The maximum atomic E-state index is 11.5. The first kappa shape index (κ1) is 11.5. The molecule has 1 rings (SSSR count). The fraction of sp³-hybridized carbons (Fsp3) is 0.900. The van der Waals surface area contributed by atoms with E-state index in [1.165, 1.54) is 6.42 Å². The number of nitrogens with two attached hydrogens (primary N) is 1. The van der Waals surface area contributed by atoms with Crippen LogP contribution in [0, 0.1) is 11.8 Å². The normalized spacial score (nSPS) is 25.8. The fourth-order valence-electron chi connectivity index (χ4n) is 2.23. The summed E-state index contributed by atoms with van der Waals surface area (Å²) >= 11 is 0. The summed E-state index contributed by atoms with van der Waals surface area (Å²) < 4.78 is 0. The third-order valence-electron chi connectivity index (χ3n) is 3.07. The number of likely N-dealkylation sites (tertiary alicyclic amines) is 1. The monoisotopic (exact) mass is 199 g/mol. The second kappa shape index (κ2) is 5.32. The fourth-order valence-corrected chi connectivity index (χ4v) is 2.23. The Balaban J connectivity index is 2.54. The number of nitrogens with zero attached hydrogens (tertiary/aromatic N) is 1. The average molecular weight is 199 g/mol. The number of rotatable bonds is 3. The van der Waals surface area contributed by atoms with Gasteiger partial charge in [-0.25, -0.2) is 0 Å². The van der Waals surface area contributed by atoms with E-state index in [1.807, 2.05) is 0 Å². The minimum Gasteiger partial charge on any atom is -0.359 e. The highest BCUT2D eigenvalue weighted by Crippen LogP contribution is 2.22. The third kappa shape index (κ3) is 2.69. The second-order valence-corrected chi connectivity index (χ2v) is 4.12. The lowest BCUT2D eigenvalue weighted by Crippen LogP contribution is -2.44. The van der Waals surface area contributed by atoms with Gasteiger partial charge < -0.3 is 16.0 Å². The number of amides is 1. The summed E-state index contributed by atoms with van der Waals surface area (Å²) in [7, 11) is 3.78. The minimum atomic E-state index is -0.0113. The Kier molecular flexibility index (Phi) is 4.35. The van der Waals surface area contributed by atoms with E-state index in [9.17, 15) is 4.79 Å². The van der Waals surface area contributed by atoms with Gasteiger partial charge in [-0.1, -0.05) is 0 Å². The Morgan fingerprint density at radius 2 is 2.43 bits per heavy atom. The molecule has 4 nitrogen and oxygen atoms in total. The Morgan fingerprint density at radius 3 is 2.93 bits per heavy atom. The maximum absolute atomic E-state index is 11.5. The molecule has 0 aromatic carbocycles. The van der Waals surface area contributed by atoms with Crippen molar-refractivity contribution < 1.29 is 4.79 Å². The van der Waals surface area contributed by atoms with Crippen LogP contribution in [0.25, 0.3) is 0 Å². The van der Waals surface area contributed by atoms with Gasteiger partial charge in [0.15, 0.2) is 0 Å². The molecule has 0 saturated carbocycles. The molecule has 2 atom stereocenters. The highest BCUT2D eigenvalue weighted by atomic mass is 16.1. The molecule has 0 bridgehead atoms. The highest BCUT2D eigenvalue weighted by molar-refractivity contribution is 5.78. The summed E-state index contributed by atoms with van der Waals surface area (Å²) in [6.45, 7) is 2.59. The molecule has 1 aliphatic heterocycles. The summed E-state index contributed by atoms with van der Waals surface area (Å²) in [5.41, 5.74) is 5.65. The topological polar surface area (TPSA) is 58.4 Å². The molecular weight excluding hydrogens is 178 g/mol. The molecule has 1 heterocycles. The summed E-state index contributed by atoms with van der Waals surface area (Å²) in [5.74, 6) is 0.509. The van der Waals surface area contributed by atoms with E-state index in [-0.39, 0.29) is 11.8 Å². The van der Waals surface area contributed by atoms with E-state index in [0.29, 0.717) is 12.5 Å². The van der Waals surface area contributed by atoms with Crippen molar-refractivity contribution in [3.8, 4) is 0 Å². The van der Waals surface area contributed by atoms with Crippen LogP contribution in [0.3, 0.4) is 0 Å². The molecule has 0 spiro atoms. The molecular formula is C10H21N3O. The van der Waals surface area contributed by atoms with E-state index in [0.717, 1.165) is 19.5 Å². The van der Waals surface area contributed by atoms with Gasteiger partial charge in [0.1, 0.15) is 0 Å². The van der Waals surface area contributed by atoms with Crippen LogP contribution in [-0.4, -0.2) is 44.5 Å². The molecule has 1 fully saturated rings. The number of piperidine rings is 1. The molecule has 0 aromatic heterocycles. The first-order chi connectivity index (χ1) is 6.69. The Morgan fingerprint density at radius 1 is 1.71 bits per heavy atom. The van der Waals surface area contributed by atoms with Gasteiger partial charge in [0.2, 0.25) is 5.91 Å². The van der Waals surface area contributed by atoms with E-state index < -0.39 is 0 Å². The number of carbonyl (C=O) groups is 1. The van der Waals surface area contributed by atoms with Crippen molar-refractivity contribution in [2.75, 3.05) is 33.7 Å². The SMILES string of the molecule is CNC(=O)[C@H](CN)[C@H]1CCCN(C)C1. The van der Waals surface area contributed by atoms with Gasteiger partial charge in [0, 0.05) is 20.1 Å². The summed E-state index contributed by atoms with van der Waals surface area (Å²) in [6, 6.07) is 0. The lowest BCUT2D eigenvalue weighted by molar-refractivity contribution is -0.126. The van der Waals surface area contributed by atoms with Crippen LogP contribution in [-0.2, 0) is 4.79 Å². The predicted molar refractivity (Wildman–Crippen MR) is 56.8 cm³/mol. The maximum Gasteiger partial charge on any atom is 0.224 e. The van der Waals surface area contributed by atoms with E-state index in [4.69, 9.17) is 5.73 Å². The molecule has 1 aliphatic rings. The van der Waals surface area contributed by atoms with Crippen molar-refractivity contribution in [2.24, 2.45) is 17.6 Å². The van der Waals surface area contributed by atoms with Crippen molar-refractivity contribution >= 4 is 5.91 Å². The van der Waals surface area contributed by atoms with Crippen LogP contribution >= 0.6 is 0 Å². The number of hydrogen-bond donors (Lipinski definition) is 2. The summed E-state index contributed by atoms with van der Waals surface area (Å²) in [4.78, 5) is 13.8. The molecule has 4 heteroatoms. The summed E-state index contributed by atoms with van der Waals surface area (Å²) in [6.07, 6.45) is 2.30. The number of hydrogen-bond acceptors (Lipinski definition) is 3. The van der Waals surface area contributed by atoms with Gasteiger partial charge >= 0.3 is 0 Å². The van der Waals surface area contributed by atoms with E-state index in [2.05, 4.69) is 17.3 Å². The van der Waals surface area contributed by atoms with Gasteiger partial charge in [0.05, 0.1) is 5.92 Å². The van der Waals surface area contributed by atoms with E-state index >= 15 is 0 Å². The molecule has 1 amide bonds. The van der Waals surface area contributed by atoms with Crippen LogP contribution in [0.4, 0.5) is 0 Å². The van der Waals surface area contributed by atoms with Crippen molar-refractivity contribution in [2.45, 2.75) is 12.8 Å². The van der Waals surface area contributed by atoms with Crippen molar-refractivity contribution in [1.82, 2.24) is 10.2 Å². The smallest absolute Gasteiger partial charge is 0.224 e. The molecule has 0 radical (unpaired) electrons. The Hall–Kier alpha value is -0.610. The average Bonchev–Trinajstić information content (AvgIpc) is 2.19. The quantitative estimate of drug-likeness (QED) is 0.653. The molecule has 0 aromatic rings. The zero-order valence-electron chi connectivity index (χ0n) is 9.12. The van der Waals surface area contributed by atoms with Crippen LogP contribution in [0.2, 0.25) is 0 Å². The number of carbonyl (C=O) groups excluding carboxylic acids is 1. The van der Waals surface area contributed by atoms with Gasteiger partial charge in [-0.3, -0.25) is 4.79 Å². The molecule has 14 heavy (non-hydrogen) atoms. The lowest BCUT2D eigenvalue weighted by atomic mass is 9.85. The van der Waals surface area contributed by atoms with Crippen LogP contribution in [0.15, 0.2) is 0 Å². The molecule has 82 valence electrons. The van der Waals surface area contributed by atoms with Crippen molar-refractivity contribution in [3.63, 3.8) is 0 Å². The predicted octanol–water partition coefficient (Wildman–Crippen LogP) is -0.351. The van der Waals surface area contributed by atoms with E-state index in [1.54, 1.807) is 7.05 Å². The van der Waals surface area contributed by atoms with Gasteiger partial charge in [-0.2, -0.15) is 0 Å². The standard InChI is InChI=1S/C10H21N3O/c1-12-10(14)9(6-11)8-4-3-5-13(2)7-8/h8-9H,3-7,11H2,1-2H3,(H,12,14)/t8-,9+/m0/s1. The van der Waals surface area contributed by atoms with Gasteiger partial charge in [-0.05, 0) is 32.4 Å². The Bertz CT molecular complexity index is 196. The molecule has 3 N–H and O–H groups in total. The minimum absolute atomic E-state index is 0.0113. The largest absolute Gasteiger partial charge is 0.359 e. The highest BCUT2D eigenvalue weighted by Gasteiger charge is 2.29. The molecule has 0 aliphatic carbocycles. The van der Waals surface area contributed by atoms with Crippen molar-refractivity contribution in [3.05, 3.63) is 0 Å². The second-order valence-electron chi connectivity index (χ2n) is 4.12. The number of nitrogens with one attached hydrogen (secondary N) is 1. The van der Waals surface area contributed by atoms with Crippen LogP contribution in [0.1, 0.15) is 12.8 Å². The lowest BCUT2D eigenvalue weighted by Gasteiger charge is -2.33. The zero-order valence-corrected chi connectivity index (χ0v) is 9.12. The van der Waals surface area contributed by atoms with Gasteiger partial charge in [-0.15, -0.1) is 0 Å². The molecule has 0 unspecified atom stereocenters. The van der Waals surface area contributed by atoms with Crippen molar-refractivity contribution in [1.29, 1.82) is 0 Å². The van der Waals surface area contributed by atoms with Gasteiger partial charge in [0.25, 0.3) is 0 Å².